The first-order valence-electron chi connectivity index (χ1n) is 8.29. The Morgan fingerprint density at radius 3 is 2.65 bits per heavy atom. The van der Waals surface area contributed by atoms with Gasteiger partial charge in [-0.05, 0) is 41.8 Å². The smallest absolute Gasteiger partial charge is 0.230 e. The number of carbonyl (C=O) groups excluding carboxylic acids is 1. The van der Waals surface area contributed by atoms with E-state index in [0.29, 0.717) is 12.3 Å². The van der Waals surface area contributed by atoms with Crippen LogP contribution >= 0.6 is 27.7 Å². The van der Waals surface area contributed by atoms with Gasteiger partial charge >= 0.3 is 0 Å². The van der Waals surface area contributed by atoms with Gasteiger partial charge in [0.1, 0.15) is 0 Å². The van der Waals surface area contributed by atoms with Gasteiger partial charge in [-0.2, -0.15) is 0 Å². The number of hydrogen-bond donors (Lipinski definition) is 1. The van der Waals surface area contributed by atoms with Crippen molar-refractivity contribution in [3.63, 3.8) is 0 Å². The van der Waals surface area contributed by atoms with Crippen LogP contribution in [-0.2, 0) is 17.9 Å². The maximum atomic E-state index is 12.1. The predicted molar refractivity (Wildman–Crippen MR) is 109 cm³/mol. The summed E-state index contributed by atoms with van der Waals surface area (Å²) in [5.41, 5.74) is 3.47. The molecule has 4 nitrogen and oxygen atoms in total. The van der Waals surface area contributed by atoms with E-state index < -0.39 is 0 Å². The summed E-state index contributed by atoms with van der Waals surface area (Å²) in [6, 6.07) is 14.4. The molecule has 2 aromatic carbocycles. The number of rotatable bonds is 7. The summed E-state index contributed by atoms with van der Waals surface area (Å²) >= 11 is 5.02. The molecule has 3 aromatic rings. The van der Waals surface area contributed by atoms with E-state index in [1.54, 1.807) is 24.3 Å². The lowest BCUT2D eigenvalue weighted by molar-refractivity contribution is -0.118. The van der Waals surface area contributed by atoms with Gasteiger partial charge in [0, 0.05) is 34.9 Å². The Labute approximate surface area is 166 Å². The van der Waals surface area contributed by atoms with Crippen LogP contribution < -0.4 is 5.32 Å². The first kappa shape index (κ1) is 18.7. The number of carbonyl (C=O) groups is 1. The Morgan fingerprint density at radius 2 is 1.96 bits per heavy atom. The maximum Gasteiger partial charge on any atom is 0.230 e. The third-order valence-electron chi connectivity index (χ3n) is 3.93. The van der Waals surface area contributed by atoms with E-state index in [4.69, 9.17) is 0 Å². The molecule has 0 saturated heterocycles. The molecule has 0 unspecified atom stereocenters. The highest BCUT2D eigenvalue weighted by Crippen LogP contribution is 2.25. The molecular weight excluding hydrogens is 410 g/mol. The fourth-order valence-electron chi connectivity index (χ4n) is 2.52. The van der Waals surface area contributed by atoms with Gasteiger partial charge in [0.05, 0.1) is 12.1 Å². The highest BCUT2D eigenvalue weighted by molar-refractivity contribution is 9.10. The van der Waals surface area contributed by atoms with Gasteiger partial charge in [0.15, 0.2) is 0 Å². The van der Waals surface area contributed by atoms with Gasteiger partial charge in [-0.25, -0.2) is 4.98 Å². The number of aryl methyl sites for hydroxylation is 1. The van der Waals surface area contributed by atoms with Crippen LogP contribution in [0.2, 0.25) is 0 Å². The first-order chi connectivity index (χ1) is 12.6. The number of amides is 1. The van der Waals surface area contributed by atoms with E-state index in [2.05, 4.69) is 63.5 Å². The van der Waals surface area contributed by atoms with Gasteiger partial charge in [-0.1, -0.05) is 40.2 Å². The SMILES string of the molecule is Cc1cc(Br)ccc1SCC(=O)NCc1ccc(Cn2ccnc2)cc1. The van der Waals surface area contributed by atoms with Crippen LogP contribution in [0.5, 0.6) is 0 Å². The van der Waals surface area contributed by atoms with Crippen molar-refractivity contribution >= 4 is 33.6 Å². The Morgan fingerprint density at radius 1 is 1.19 bits per heavy atom. The minimum atomic E-state index is 0.0415. The zero-order chi connectivity index (χ0) is 18.4. The van der Waals surface area contributed by atoms with E-state index in [-0.39, 0.29) is 5.91 Å². The van der Waals surface area contributed by atoms with Crippen molar-refractivity contribution in [2.24, 2.45) is 0 Å². The van der Waals surface area contributed by atoms with Crippen molar-refractivity contribution in [1.29, 1.82) is 0 Å². The van der Waals surface area contributed by atoms with Crippen LogP contribution in [0.3, 0.4) is 0 Å². The van der Waals surface area contributed by atoms with Crippen LogP contribution in [0, 0.1) is 6.92 Å². The molecule has 0 spiro atoms. The molecular formula is C20H20BrN3OS. The van der Waals surface area contributed by atoms with Gasteiger partial charge < -0.3 is 9.88 Å². The average molecular weight is 430 g/mol. The number of halogens is 1. The molecule has 0 bridgehead atoms. The van der Waals surface area contributed by atoms with Crippen molar-refractivity contribution in [3.8, 4) is 0 Å². The molecule has 1 aromatic heterocycles. The second-order valence-electron chi connectivity index (χ2n) is 6.03. The number of thioether (sulfide) groups is 1. The minimum absolute atomic E-state index is 0.0415. The summed E-state index contributed by atoms with van der Waals surface area (Å²) in [6.45, 7) is 3.40. The van der Waals surface area contributed by atoms with Crippen molar-refractivity contribution < 1.29 is 4.79 Å². The number of nitrogens with zero attached hydrogens (tertiary/aromatic N) is 2. The van der Waals surface area contributed by atoms with Crippen molar-refractivity contribution in [3.05, 3.63) is 82.3 Å². The van der Waals surface area contributed by atoms with Gasteiger partial charge in [0.2, 0.25) is 5.91 Å². The highest BCUT2D eigenvalue weighted by atomic mass is 79.9. The Kier molecular flexibility index (Phi) is 6.52. The molecule has 0 radical (unpaired) electrons. The molecule has 0 aliphatic carbocycles. The van der Waals surface area contributed by atoms with Crippen molar-refractivity contribution in [2.45, 2.75) is 24.9 Å². The lowest BCUT2D eigenvalue weighted by atomic mass is 10.1. The van der Waals surface area contributed by atoms with Crippen LogP contribution in [0.15, 0.2) is 70.6 Å². The van der Waals surface area contributed by atoms with Crippen LogP contribution in [0.1, 0.15) is 16.7 Å². The molecule has 26 heavy (non-hydrogen) atoms. The number of imidazole rings is 1. The molecule has 3 rings (SSSR count). The molecule has 0 fully saturated rings. The minimum Gasteiger partial charge on any atom is -0.351 e. The summed E-state index contributed by atoms with van der Waals surface area (Å²) in [5, 5.41) is 2.98. The molecule has 1 N–H and O–H groups in total. The summed E-state index contributed by atoms with van der Waals surface area (Å²) in [5.74, 6) is 0.459. The molecule has 0 aliphatic rings. The molecule has 0 atom stereocenters. The number of nitrogens with one attached hydrogen (secondary N) is 1. The Balaban J connectivity index is 1.45. The van der Waals surface area contributed by atoms with E-state index in [1.807, 2.05) is 22.9 Å². The normalized spacial score (nSPS) is 10.7. The fourth-order valence-corrected chi connectivity index (χ4v) is 3.84. The van der Waals surface area contributed by atoms with E-state index in [1.165, 1.54) is 11.1 Å². The quantitative estimate of drug-likeness (QED) is 0.565. The lowest BCUT2D eigenvalue weighted by Crippen LogP contribution is -2.24. The van der Waals surface area contributed by atoms with E-state index >= 15 is 0 Å². The largest absolute Gasteiger partial charge is 0.351 e. The topological polar surface area (TPSA) is 46.9 Å². The molecule has 0 aliphatic heterocycles. The monoisotopic (exact) mass is 429 g/mol. The summed E-state index contributed by atoms with van der Waals surface area (Å²) in [6.07, 6.45) is 5.52. The predicted octanol–water partition coefficient (Wildman–Crippen LogP) is 4.41. The fraction of sp³-hybridized carbons (Fsp3) is 0.200. The maximum absolute atomic E-state index is 12.1. The first-order valence-corrected chi connectivity index (χ1v) is 10.1. The zero-order valence-electron chi connectivity index (χ0n) is 14.5. The number of hydrogen-bond acceptors (Lipinski definition) is 3. The van der Waals surface area contributed by atoms with Gasteiger partial charge in [-0.3, -0.25) is 4.79 Å². The standard InChI is InChI=1S/C20H20BrN3OS/c1-15-10-18(21)6-7-19(15)26-13-20(25)23-11-16-2-4-17(5-3-16)12-24-9-8-22-14-24/h2-10,14H,11-13H2,1H3,(H,23,25). The summed E-state index contributed by atoms with van der Waals surface area (Å²) in [4.78, 5) is 17.3. The third kappa shape index (κ3) is 5.47. The van der Waals surface area contributed by atoms with Crippen molar-refractivity contribution in [1.82, 2.24) is 14.9 Å². The van der Waals surface area contributed by atoms with Crippen LogP contribution in [0.4, 0.5) is 0 Å². The Bertz CT molecular complexity index is 863. The van der Waals surface area contributed by atoms with E-state index in [9.17, 15) is 4.79 Å². The molecule has 1 amide bonds. The number of aromatic nitrogens is 2. The van der Waals surface area contributed by atoms with Crippen LogP contribution in [0.25, 0.3) is 0 Å². The molecule has 1 heterocycles. The molecule has 6 heteroatoms. The highest BCUT2D eigenvalue weighted by Gasteiger charge is 2.05. The van der Waals surface area contributed by atoms with Crippen LogP contribution in [-0.4, -0.2) is 21.2 Å². The third-order valence-corrected chi connectivity index (χ3v) is 5.60. The lowest BCUT2D eigenvalue weighted by Gasteiger charge is -2.08. The molecule has 134 valence electrons. The van der Waals surface area contributed by atoms with Gasteiger partial charge in [-0.15, -0.1) is 11.8 Å². The van der Waals surface area contributed by atoms with Gasteiger partial charge in [0.25, 0.3) is 0 Å². The average Bonchev–Trinajstić information content (AvgIpc) is 3.13. The Hall–Kier alpha value is -2.05. The van der Waals surface area contributed by atoms with E-state index in [0.717, 1.165) is 21.5 Å². The summed E-state index contributed by atoms with van der Waals surface area (Å²) < 4.78 is 3.08. The molecule has 0 saturated carbocycles. The second-order valence-corrected chi connectivity index (χ2v) is 7.96. The van der Waals surface area contributed by atoms with Crippen molar-refractivity contribution in [2.75, 3.05) is 5.75 Å². The summed E-state index contributed by atoms with van der Waals surface area (Å²) in [7, 11) is 0. The second kappa shape index (κ2) is 9.05. The zero-order valence-corrected chi connectivity index (χ0v) is 16.9. The number of benzene rings is 2.